The van der Waals surface area contributed by atoms with E-state index in [9.17, 15) is 9.59 Å². The third kappa shape index (κ3) is 4.57. The van der Waals surface area contributed by atoms with E-state index in [4.69, 9.17) is 0 Å². The third-order valence-corrected chi connectivity index (χ3v) is 5.17. The monoisotopic (exact) mass is 364 g/mol. The smallest absolute Gasteiger partial charge is 0.251 e. The number of nitrogens with zero attached hydrogens (tertiary/aromatic N) is 1. The number of nitrogens with one attached hydrogen (secondary N) is 1. The lowest BCUT2D eigenvalue weighted by Gasteiger charge is -2.25. The number of amides is 2. The molecule has 1 aliphatic heterocycles. The van der Waals surface area contributed by atoms with Gasteiger partial charge in [0, 0.05) is 12.1 Å². The van der Waals surface area contributed by atoms with Gasteiger partial charge < -0.3 is 10.2 Å². The van der Waals surface area contributed by atoms with E-state index in [0.29, 0.717) is 5.56 Å². The zero-order valence-corrected chi connectivity index (χ0v) is 16.4. The predicted octanol–water partition coefficient (Wildman–Crippen LogP) is 4.08. The molecule has 1 aliphatic rings. The summed E-state index contributed by atoms with van der Waals surface area (Å²) in [6, 6.07) is 17.8. The highest BCUT2D eigenvalue weighted by molar-refractivity contribution is 5.96. The van der Waals surface area contributed by atoms with Gasteiger partial charge in [-0.1, -0.05) is 63.2 Å². The molecule has 2 amide bonds. The van der Waals surface area contributed by atoms with Gasteiger partial charge in [0.15, 0.2) is 0 Å². The van der Waals surface area contributed by atoms with Crippen LogP contribution in [0.2, 0.25) is 0 Å². The minimum Gasteiger partial charge on any atom is -0.343 e. The Balaban J connectivity index is 1.59. The van der Waals surface area contributed by atoms with Gasteiger partial charge in [0.25, 0.3) is 5.91 Å². The molecule has 142 valence electrons. The van der Waals surface area contributed by atoms with E-state index in [2.05, 4.69) is 38.2 Å². The van der Waals surface area contributed by atoms with Crippen molar-refractivity contribution in [1.29, 1.82) is 0 Å². The Hall–Kier alpha value is -2.62. The number of hydrogen-bond acceptors (Lipinski definition) is 2. The molecule has 2 aromatic rings. The number of carbonyl (C=O) groups excluding carboxylic acids is 2. The zero-order valence-electron chi connectivity index (χ0n) is 16.4. The molecule has 1 fully saturated rings. The number of likely N-dealkylation sites (tertiary alicyclic amines) is 1. The van der Waals surface area contributed by atoms with Crippen LogP contribution in [0.25, 0.3) is 0 Å². The summed E-state index contributed by atoms with van der Waals surface area (Å²) in [5, 5.41) is 2.78. The summed E-state index contributed by atoms with van der Waals surface area (Å²) in [6.45, 7) is 7.19. The summed E-state index contributed by atoms with van der Waals surface area (Å²) < 4.78 is 0. The lowest BCUT2D eigenvalue weighted by atomic mass is 9.87. The van der Waals surface area contributed by atoms with E-state index in [1.807, 2.05) is 47.4 Å². The van der Waals surface area contributed by atoms with Crippen molar-refractivity contribution in [1.82, 2.24) is 10.2 Å². The van der Waals surface area contributed by atoms with Crippen molar-refractivity contribution < 1.29 is 9.59 Å². The zero-order chi connectivity index (χ0) is 19.4. The highest BCUT2D eigenvalue weighted by atomic mass is 16.2. The summed E-state index contributed by atoms with van der Waals surface area (Å²) in [5.74, 6) is -0.236. The number of rotatable bonds is 4. The minimum absolute atomic E-state index is 0.0268. The van der Waals surface area contributed by atoms with Crippen LogP contribution in [0.15, 0.2) is 54.6 Å². The normalized spacial score (nSPS) is 17.0. The fraction of sp³-hybridized carbons (Fsp3) is 0.391. The molecule has 0 bridgehead atoms. The summed E-state index contributed by atoms with van der Waals surface area (Å²) in [5.41, 5.74) is 2.97. The quantitative estimate of drug-likeness (QED) is 0.889. The predicted molar refractivity (Wildman–Crippen MR) is 108 cm³/mol. The van der Waals surface area contributed by atoms with E-state index >= 15 is 0 Å². The second-order valence-corrected chi connectivity index (χ2v) is 8.17. The van der Waals surface area contributed by atoms with Crippen molar-refractivity contribution in [3.63, 3.8) is 0 Å². The molecule has 0 spiro atoms. The van der Waals surface area contributed by atoms with Gasteiger partial charge in [-0.05, 0) is 41.5 Å². The molecule has 3 rings (SSSR count). The van der Waals surface area contributed by atoms with E-state index in [1.54, 1.807) is 0 Å². The molecule has 1 unspecified atom stereocenters. The van der Waals surface area contributed by atoms with Gasteiger partial charge in [-0.25, -0.2) is 0 Å². The number of hydrogen-bond donors (Lipinski definition) is 1. The first-order valence-corrected chi connectivity index (χ1v) is 9.59. The number of carbonyl (C=O) groups is 2. The van der Waals surface area contributed by atoms with Crippen molar-refractivity contribution in [2.75, 3.05) is 13.1 Å². The Kier molecular flexibility index (Phi) is 5.64. The van der Waals surface area contributed by atoms with Gasteiger partial charge in [-0.2, -0.15) is 0 Å². The van der Waals surface area contributed by atoms with Gasteiger partial charge in [0.1, 0.15) is 0 Å². The average molecular weight is 364 g/mol. The van der Waals surface area contributed by atoms with Crippen molar-refractivity contribution >= 4 is 11.8 Å². The summed E-state index contributed by atoms with van der Waals surface area (Å²) >= 11 is 0. The molecule has 27 heavy (non-hydrogen) atoms. The molecule has 4 heteroatoms. The van der Waals surface area contributed by atoms with E-state index in [-0.39, 0.29) is 29.8 Å². The molecule has 0 radical (unpaired) electrons. The first-order chi connectivity index (χ1) is 12.9. The van der Waals surface area contributed by atoms with Gasteiger partial charge in [-0.3, -0.25) is 9.59 Å². The Bertz CT molecular complexity index is 791. The lowest BCUT2D eigenvalue weighted by molar-refractivity contribution is -0.131. The highest BCUT2D eigenvalue weighted by Gasteiger charge is 2.29. The Morgan fingerprint density at radius 2 is 1.70 bits per heavy atom. The molecule has 1 saturated heterocycles. The van der Waals surface area contributed by atoms with Crippen LogP contribution in [-0.4, -0.2) is 29.8 Å². The van der Waals surface area contributed by atoms with Gasteiger partial charge in [0.05, 0.1) is 12.6 Å². The van der Waals surface area contributed by atoms with Gasteiger partial charge in [0.2, 0.25) is 5.91 Å². The Morgan fingerprint density at radius 3 is 2.33 bits per heavy atom. The van der Waals surface area contributed by atoms with E-state index < -0.39 is 0 Å². The Morgan fingerprint density at radius 1 is 1.04 bits per heavy atom. The first-order valence-electron chi connectivity index (χ1n) is 9.59. The molecule has 1 heterocycles. The molecule has 1 atom stereocenters. The van der Waals surface area contributed by atoms with Crippen LogP contribution < -0.4 is 5.32 Å². The fourth-order valence-electron chi connectivity index (χ4n) is 3.57. The first kappa shape index (κ1) is 19.2. The molecule has 0 saturated carbocycles. The molecular formula is C23H28N2O2. The lowest BCUT2D eigenvalue weighted by Crippen LogP contribution is -2.39. The Labute approximate surface area is 161 Å². The maximum atomic E-state index is 12.7. The van der Waals surface area contributed by atoms with Crippen molar-refractivity contribution in [3.8, 4) is 0 Å². The van der Waals surface area contributed by atoms with Crippen LogP contribution in [-0.2, 0) is 10.2 Å². The van der Waals surface area contributed by atoms with Crippen molar-refractivity contribution in [2.45, 2.75) is 45.1 Å². The topological polar surface area (TPSA) is 49.4 Å². The van der Waals surface area contributed by atoms with Crippen LogP contribution >= 0.6 is 0 Å². The highest BCUT2D eigenvalue weighted by Crippen LogP contribution is 2.31. The molecule has 1 N–H and O–H groups in total. The van der Waals surface area contributed by atoms with Gasteiger partial charge >= 0.3 is 0 Å². The molecule has 0 aromatic heterocycles. The van der Waals surface area contributed by atoms with Crippen LogP contribution in [0.1, 0.15) is 61.1 Å². The summed E-state index contributed by atoms with van der Waals surface area (Å²) in [4.78, 5) is 26.9. The van der Waals surface area contributed by atoms with Crippen molar-refractivity contribution in [2.24, 2.45) is 0 Å². The molecular weight excluding hydrogens is 336 g/mol. The summed E-state index contributed by atoms with van der Waals surface area (Å²) in [7, 11) is 0. The number of benzene rings is 2. The van der Waals surface area contributed by atoms with Crippen LogP contribution in [0, 0.1) is 0 Å². The average Bonchev–Trinajstić information content (AvgIpc) is 3.16. The second-order valence-electron chi connectivity index (χ2n) is 8.17. The van der Waals surface area contributed by atoms with Crippen LogP contribution in [0.3, 0.4) is 0 Å². The van der Waals surface area contributed by atoms with Gasteiger partial charge in [-0.15, -0.1) is 0 Å². The standard InChI is InChI=1S/C23H28N2O2/c1-23(2,3)19-13-11-18(12-14-19)22(27)24-16-21(26)25-15-7-10-20(25)17-8-5-4-6-9-17/h4-6,8-9,11-14,20H,7,10,15-16H2,1-3H3,(H,24,27). The second kappa shape index (κ2) is 7.95. The SMILES string of the molecule is CC(C)(C)c1ccc(C(=O)NCC(=O)N2CCCC2c2ccccc2)cc1. The fourth-order valence-corrected chi connectivity index (χ4v) is 3.57. The van der Waals surface area contributed by atoms with Crippen LogP contribution in [0.5, 0.6) is 0 Å². The maximum absolute atomic E-state index is 12.7. The summed E-state index contributed by atoms with van der Waals surface area (Å²) in [6.07, 6.45) is 1.96. The van der Waals surface area contributed by atoms with E-state index in [0.717, 1.165) is 24.9 Å². The molecule has 2 aromatic carbocycles. The molecule has 4 nitrogen and oxygen atoms in total. The maximum Gasteiger partial charge on any atom is 0.251 e. The minimum atomic E-state index is -0.209. The van der Waals surface area contributed by atoms with E-state index in [1.165, 1.54) is 5.56 Å². The molecule has 0 aliphatic carbocycles. The largest absolute Gasteiger partial charge is 0.343 e. The van der Waals surface area contributed by atoms with Crippen LogP contribution in [0.4, 0.5) is 0 Å². The third-order valence-electron chi connectivity index (χ3n) is 5.17. The van der Waals surface area contributed by atoms with Crippen molar-refractivity contribution in [3.05, 3.63) is 71.3 Å².